The van der Waals surface area contributed by atoms with Crippen molar-refractivity contribution in [2.75, 3.05) is 24.8 Å². The molecule has 2 aromatic carbocycles. The number of anilines is 1. The molecule has 0 aliphatic heterocycles. The lowest BCUT2D eigenvalue weighted by atomic mass is 10.0. The predicted octanol–water partition coefficient (Wildman–Crippen LogP) is 3.43. The highest BCUT2D eigenvalue weighted by Gasteiger charge is 2.30. The van der Waals surface area contributed by atoms with Crippen molar-refractivity contribution >= 4 is 21.6 Å². The first-order chi connectivity index (χ1) is 14.1. The van der Waals surface area contributed by atoms with Gasteiger partial charge in [0.1, 0.15) is 6.04 Å². The average molecular weight is 435 g/mol. The van der Waals surface area contributed by atoms with Crippen LogP contribution in [0.1, 0.15) is 37.4 Å². The summed E-state index contributed by atoms with van der Waals surface area (Å²) in [4.78, 5) is 13.0. The standard InChI is InChI=1S/C22H30N2O5S/c1-7-19(17-11-12-20(28-4)21(14-17)29-5)23-22(25)16(3)24(30(6,26)27)18-10-8-9-15(2)13-18/h8-14,16,19H,7H2,1-6H3,(H,23,25)/t16-,19-/m0/s1. The van der Waals surface area contributed by atoms with Crippen LogP contribution >= 0.6 is 0 Å². The minimum Gasteiger partial charge on any atom is -0.493 e. The van der Waals surface area contributed by atoms with Crippen molar-refractivity contribution in [1.29, 1.82) is 0 Å². The largest absolute Gasteiger partial charge is 0.493 e. The fourth-order valence-corrected chi connectivity index (χ4v) is 4.52. The third-order valence-electron chi connectivity index (χ3n) is 4.88. The molecule has 1 N–H and O–H groups in total. The molecule has 164 valence electrons. The van der Waals surface area contributed by atoms with Crippen LogP contribution in [0.25, 0.3) is 0 Å². The second-order valence-corrected chi connectivity index (χ2v) is 9.02. The van der Waals surface area contributed by atoms with Crippen molar-refractivity contribution in [3.8, 4) is 11.5 Å². The zero-order valence-electron chi connectivity index (χ0n) is 18.3. The number of sulfonamides is 1. The lowest BCUT2D eigenvalue weighted by Gasteiger charge is -2.30. The molecule has 0 bridgehead atoms. The van der Waals surface area contributed by atoms with Crippen molar-refractivity contribution in [2.45, 2.75) is 39.3 Å². The first-order valence-electron chi connectivity index (χ1n) is 9.70. The topological polar surface area (TPSA) is 84.9 Å². The van der Waals surface area contributed by atoms with Gasteiger partial charge in [0.05, 0.1) is 32.2 Å². The number of carbonyl (C=O) groups excluding carboxylic acids is 1. The number of hydrogen-bond donors (Lipinski definition) is 1. The second-order valence-electron chi connectivity index (χ2n) is 7.16. The summed E-state index contributed by atoms with van der Waals surface area (Å²) in [6.07, 6.45) is 1.72. The summed E-state index contributed by atoms with van der Waals surface area (Å²) in [5.41, 5.74) is 2.21. The number of hydrogen-bond acceptors (Lipinski definition) is 5. The third kappa shape index (κ3) is 5.44. The van der Waals surface area contributed by atoms with Crippen LogP contribution < -0.4 is 19.1 Å². The van der Waals surface area contributed by atoms with Crippen LogP contribution in [0.2, 0.25) is 0 Å². The highest BCUT2D eigenvalue weighted by atomic mass is 32.2. The molecule has 0 saturated heterocycles. The van der Waals surface area contributed by atoms with E-state index in [1.54, 1.807) is 45.4 Å². The van der Waals surface area contributed by atoms with Crippen LogP contribution in [0, 0.1) is 6.92 Å². The Labute approximate surface area is 179 Å². The number of nitrogens with zero attached hydrogens (tertiary/aromatic N) is 1. The van der Waals surface area contributed by atoms with Gasteiger partial charge in [0, 0.05) is 0 Å². The van der Waals surface area contributed by atoms with Crippen molar-refractivity contribution in [1.82, 2.24) is 5.32 Å². The van der Waals surface area contributed by atoms with Gasteiger partial charge in [-0.3, -0.25) is 9.10 Å². The molecule has 0 aliphatic carbocycles. The molecule has 0 saturated carbocycles. The maximum Gasteiger partial charge on any atom is 0.244 e. The number of methoxy groups -OCH3 is 2. The van der Waals surface area contributed by atoms with E-state index in [-0.39, 0.29) is 11.9 Å². The van der Waals surface area contributed by atoms with E-state index in [4.69, 9.17) is 9.47 Å². The Balaban J connectivity index is 2.31. The van der Waals surface area contributed by atoms with E-state index in [2.05, 4.69) is 5.32 Å². The monoisotopic (exact) mass is 434 g/mol. The van der Waals surface area contributed by atoms with E-state index in [0.29, 0.717) is 23.6 Å². The van der Waals surface area contributed by atoms with Gasteiger partial charge in [0.15, 0.2) is 11.5 Å². The summed E-state index contributed by atoms with van der Waals surface area (Å²) in [6.45, 7) is 5.40. The molecule has 0 heterocycles. The maximum absolute atomic E-state index is 13.0. The maximum atomic E-state index is 13.0. The van der Waals surface area contributed by atoms with E-state index >= 15 is 0 Å². The molecule has 0 aliphatic rings. The lowest BCUT2D eigenvalue weighted by Crippen LogP contribution is -2.48. The average Bonchev–Trinajstić information content (AvgIpc) is 2.70. The fraction of sp³-hybridized carbons (Fsp3) is 0.409. The molecule has 30 heavy (non-hydrogen) atoms. The van der Waals surface area contributed by atoms with E-state index < -0.39 is 16.1 Å². The Bertz CT molecular complexity index is 991. The van der Waals surface area contributed by atoms with Gasteiger partial charge >= 0.3 is 0 Å². The zero-order chi connectivity index (χ0) is 22.5. The minimum absolute atomic E-state index is 0.307. The van der Waals surface area contributed by atoms with E-state index in [0.717, 1.165) is 21.7 Å². The number of benzene rings is 2. The molecule has 1 amide bonds. The van der Waals surface area contributed by atoms with Crippen molar-refractivity contribution < 1.29 is 22.7 Å². The van der Waals surface area contributed by atoms with E-state index in [9.17, 15) is 13.2 Å². The number of nitrogens with one attached hydrogen (secondary N) is 1. The Morgan fingerprint density at radius 3 is 2.30 bits per heavy atom. The van der Waals surface area contributed by atoms with Gasteiger partial charge in [-0.15, -0.1) is 0 Å². The number of ether oxygens (including phenoxy) is 2. The molecule has 2 rings (SSSR count). The van der Waals surface area contributed by atoms with E-state index in [1.807, 2.05) is 32.0 Å². The molecule has 7 nitrogen and oxygen atoms in total. The van der Waals surface area contributed by atoms with Crippen molar-refractivity contribution in [3.05, 3.63) is 53.6 Å². The smallest absolute Gasteiger partial charge is 0.244 e. The Kier molecular flexibility index (Phi) is 7.72. The second kappa shape index (κ2) is 9.84. The Morgan fingerprint density at radius 1 is 1.10 bits per heavy atom. The lowest BCUT2D eigenvalue weighted by molar-refractivity contribution is -0.122. The van der Waals surface area contributed by atoms with Gasteiger partial charge in [0.2, 0.25) is 15.9 Å². The first kappa shape index (κ1) is 23.5. The molecular weight excluding hydrogens is 404 g/mol. The van der Waals surface area contributed by atoms with Crippen LogP contribution in [0.15, 0.2) is 42.5 Å². The molecule has 0 unspecified atom stereocenters. The Morgan fingerprint density at radius 2 is 1.77 bits per heavy atom. The van der Waals surface area contributed by atoms with Gasteiger partial charge < -0.3 is 14.8 Å². The highest BCUT2D eigenvalue weighted by molar-refractivity contribution is 7.92. The molecule has 2 atom stereocenters. The van der Waals surface area contributed by atoms with Gasteiger partial charge in [-0.2, -0.15) is 0 Å². The predicted molar refractivity (Wildman–Crippen MR) is 119 cm³/mol. The van der Waals surface area contributed by atoms with Crippen LogP contribution in [-0.2, 0) is 14.8 Å². The zero-order valence-corrected chi connectivity index (χ0v) is 19.1. The molecule has 0 aromatic heterocycles. The van der Waals surface area contributed by atoms with Gasteiger partial charge in [-0.25, -0.2) is 8.42 Å². The summed E-state index contributed by atoms with van der Waals surface area (Å²) >= 11 is 0. The van der Waals surface area contributed by atoms with Crippen LogP contribution in [0.4, 0.5) is 5.69 Å². The molecule has 2 aromatic rings. The number of carbonyl (C=O) groups is 1. The summed E-state index contributed by atoms with van der Waals surface area (Å²) in [7, 11) is -0.560. The number of aryl methyl sites for hydroxylation is 1. The number of rotatable bonds is 9. The summed E-state index contributed by atoms with van der Waals surface area (Å²) in [5, 5.41) is 2.97. The third-order valence-corrected chi connectivity index (χ3v) is 6.12. The van der Waals surface area contributed by atoms with Crippen LogP contribution in [0.5, 0.6) is 11.5 Å². The van der Waals surface area contributed by atoms with Gasteiger partial charge in [-0.05, 0) is 55.7 Å². The quantitative estimate of drug-likeness (QED) is 0.654. The SMILES string of the molecule is CC[C@H](NC(=O)[C@H](C)N(c1cccc(C)c1)S(C)(=O)=O)c1ccc(OC)c(OC)c1. The number of amides is 1. The minimum atomic E-state index is -3.67. The van der Waals surface area contributed by atoms with Crippen molar-refractivity contribution in [3.63, 3.8) is 0 Å². The van der Waals surface area contributed by atoms with Gasteiger partial charge in [0.25, 0.3) is 0 Å². The molecule has 0 radical (unpaired) electrons. The molecule has 0 spiro atoms. The summed E-state index contributed by atoms with van der Waals surface area (Å²) in [5.74, 6) is 0.773. The normalized spacial score (nSPS) is 13.3. The van der Waals surface area contributed by atoms with Crippen molar-refractivity contribution in [2.24, 2.45) is 0 Å². The molecule has 0 fully saturated rings. The van der Waals surface area contributed by atoms with Crippen LogP contribution in [0.3, 0.4) is 0 Å². The Hall–Kier alpha value is -2.74. The molecule has 8 heteroatoms. The highest BCUT2D eigenvalue weighted by Crippen LogP contribution is 2.31. The summed E-state index contributed by atoms with van der Waals surface area (Å²) < 4.78 is 36.7. The molecular formula is C22H30N2O5S. The summed E-state index contributed by atoms with van der Waals surface area (Å²) in [6, 6.07) is 11.3. The fourth-order valence-electron chi connectivity index (χ4n) is 3.36. The first-order valence-corrected chi connectivity index (χ1v) is 11.6. The van der Waals surface area contributed by atoms with Gasteiger partial charge in [-0.1, -0.05) is 25.1 Å². The van der Waals surface area contributed by atoms with Crippen LogP contribution in [-0.4, -0.2) is 40.8 Å². The van der Waals surface area contributed by atoms with E-state index in [1.165, 1.54) is 0 Å².